The van der Waals surface area contributed by atoms with Gasteiger partial charge in [0, 0.05) is 18.5 Å². The number of fused-ring (bicyclic) bond motifs is 1. The quantitative estimate of drug-likeness (QED) is 0.866. The van der Waals surface area contributed by atoms with Crippen LogP contribution >= 0.6 is 11.6 Å². The van der Waals surface area contributed by atoms with Crippen LogP contribution in [0.3, 0.4) is 0 Å². The minimum Gasteiger partial charge on any atom is -0.369 e. The first-order valence-electron chi connectivity index (χ1n) is 6.95. The molecule has 0 saturated carbocycles. The van der Waals surface area contributed by atoms with E-state index in [2.05, 4.69) is 0 Å². The lowest BCUT2D eigenvalue weighted by Gasteiger charge is -2.25. The maximum absolute atomic E-state index is 12.3. The van der Waals surface area contributed by atoms with Crippen LogP contribution in [0.25, 0.3) is 10.8 Å². The van der Waals surface area contributed by atoms with Crippen molar-refractivity contribution in [2.75, 3.05) is 13.1 Å². The third-order valence-corrected chi connectivity index (χ3v) is 5.43. The topological polar surface area (TPSA) is 46.6 Å². The average molecular weight is 326 g/mol. The summed E-state index contributed by atoms with van der Waals surface area (Å²) in [5, 5.41) is 2.06. The van der Waals surface area contributed by atoms with Crippen molar-refractivity contribution >= 4 is 32.7 Å². The maximum Gasteiger partial charge on any atom is 0.385 e. The number of hydrogen-bond donors (Lipinski definition) is 0. The summed E-state index contributed by atoms with van der Waals surface area (Å²) in [6, 6.07) is 10.9. The fraction of sp³-hybridized carbons (Fsp3) is 0.333. The lowest BCUT2D eigenvalue weighted by atomic mass is 10.1. The molecule has 0 amide bonds. The van der Waals surface area contributed by atoms with Gasteiger partial charge >= 0.3 is 10.3 Å². The van der Waals surface area contributed by atoms with Crippen molar-refractivity contribution < 1.29 is 12.6 Å². The largest absolute Gasteiger partial charge is 0.385 e. The fourth-order valence-electron chi connectivity index (χ4n) is 2.53. The van der Waals surface area contributed by atoms with Crippen LogP contribution in [-0.4, -0.2) is 25.8 Å². The maximum atomic E-state index is 12.3. The molecule has 1 saturated heterocycles. The molecule has 2 aromatic carbocycles. The Bertz CT molecular complexity index is 755. The summed E-state index contributed by atoms with van der Waals surface area (Å²) in [5.74, 6) is 0.181. The molecule has 0 bridgehead atoms. The first-order valence-corrected chi connectivity index (χ1v) is 8.69. The second-order valence-electron chi connectivity index (χ2n) is 5.10. The Labute approximate surface area is 129 Å². The zero-order valence-corrected chi connectivity index (χ0v) is 13.0. The molecule has 0 aliphatic carbocycles. The summed E-state index contributed by atoms with van der Waals surface area (Å²) in [4.78, 5) is 0. The third-order valence-electron chi connectivity index (χ3n) is 3.65. The lowest BCUT2D eigenvalue weighted by Crippen LogP contribution is -2.38. The first-order chi connectivity index (χ1) is 10.1. The zero-order chi connectivity index (χ0) is 14.9. The number of hydrogen-bond acceptors (Lipinski definition) is 3. The van der Waals surface area contributed by atoms with E-state index in [1.54, 1.807) is 6.07 Å². The Hall–Kier alpha value is -1.30. The highest BCUT2D eigenvalue weighted by Crippen LogP contribution is 2.34. The van der Waals surface area contributed by atoms with Crippen molar-refractivity contribution in [2.45, 2.75) is 19.3 Å². The van der Waals surface area contributed by atoms with Crippen LogP contribution in [0.15, 0.2) is 36.4 Å². The van der Waals surface area contributed by atoms with Gasteiger partial charge in [-0.3, -0.25) is 0 Å². The van der Waals surface area contributed by atoms with Gasteiger partial charge in [-0.05, 0) is 24.3 Å². The number of benzene rings is 2. The van der Waals surface area contributed by atoms with Gasteiger partial charge in [0.1, 0.15) is 0 Å². The minimum atomic E-state index is -3.78. The monoisotopic (exact) mass is 325 g/mol. The van der Waals surface area contributed by atoms with Crippen molar-refractivity contribution in [3.63, 3.8) is 0 Å². The van der Waals surface area contributed by atoms with Gasteiger partial charge < -0.3 is 4.18 Å². The molecular formula is C15H16ClNO3S. The molecule has 3 rings (SSSR count). The van der Waals surface area contributed by atoms with Crippen LogP contribution in [0, 0.1) is 0 Å². The van der Waals surface area contributed by atoms with Gasteiger partial charge in [-0.1, -0.05) is 48.4 Å². The Morgan fingerprint density at radius 1 is 1.00 bits per heavy atom. The summed E-state index contributed by atoms with van der Waals surface area (Å²) in [7, 11) is -3.78. The van der Waals surface area contributed by atoms with Crippen molar-refractivity contribution in [1.82, 2.24) is 4.31 Å². The molecule has 6 heteroatoms. The van der Waals surface area contributed by atoms with Gasteiger partial charge in [0.05, 0.1) is 5.02 Å². The van der Waals surface area contributed by atoms with Gasteiger partial charge in [0.25, 0.3) is 0 Å². The number of rotatable bonds is 3. The van der Waals surface area contributed by atoms with Crippen molar-refractivity contribution in [1.29, 1.82) is 0 Å². The predicted octanol–water partition coefficient (Wildman–Crippen LogP) is 3.60. The molecule has 0 radical (unpaired) electrons. The molecule has 0 spiro atoms. The van der Waals surface area contributed by atoms with Crippen LogP contribution in [0.1, 0.15) is 19.3 Å². The van der Waals surface area contributed by atoms with E-state index in [4.69, 9.17) is 15.8 Å². The summed E-state index contributed by atoms with van der Waals surface area (Å²) in [6.07, 6.45) is 2.80. The zero-order valence-electron chi connectivity index (χ0n) is 11.5. The lowest BCUT2D eigenvalue weighted by molar-refractivity contribution is 0.312. The highest BCUT2D eigenvalue weighted by atomic mass is 35.5. The first kappa shape index (κ1) is 14.6. The molecule has 1 fully saturated rings. The van der Waals surface area contributed by atoms with Gasteiger partial charge in [-0.15, -0.1) is 0 Å². The standard InChI is InChI=1S/C15H16ClNO3S/c16-15-13-7-3-2-6-12(13)8-9-14(15)20-21(18,19)17-10-4-1-5-11-17/h2-3,6-9H,1,4-5,10-11H2. The molecule has 21 heavy (non-hydrogen) atoms. The van der Waals surface area contributed by atoms with Crippen LogP contribution in [0.5, 0.6) is 5.75 Å². The Kier molecular flexibility index (Phi) is 4.06. The highest BCUT2D eigenvalue weighted by molar-refractivity contribution is 7.84. The SMILES string of the molecule is O=S(=O)(Oc1ccc2ccccc2c1Cl)N1CCCCC1. The van der Waals surface area contributed by atoms with Gasteiger partial charge in [0.2, 0.25) is 0 Å². The average Bonchev–Trinajstić information content (AvgIpc) is 2.51. The van der Waals surface area contributed by atoms with Gasteiger partial charge in [-0.25, -0.2) is 0 Å². The second kappa shape index (κ2) is 5.83. The van der Waals surface area contributed by atoms with Crippen LogP contribution in [0.4, 0.5) is 0 Å². The predicted molar refractivity (Wildman–Crippen MR) is 83.9 cm³/mol. The van der Waals surface area contributed by atoms with Crippen LogP contribution < -0.4 is 4.18 Å². The van der Waals surface area contributed by atoms with Crippen LogP contribution in [0.2, 0.25) is 5.02 Å². The summed E-state index contributed by atoms with van der Waals surface area (Å²) < 4.78 is 31.2. The smallest absolute Gasteiger partial charge is 0.369 e. The van der Waals surface area contributed by atoms with E-state index in [9.17, 15) is 8.42 Å². The van der Waals surface area contributed by atoms with Crippen molar-refractivity contribution in [3.8, 4) is 5.75 Å². The number of halogens is 1. The number of piperidine rings is 1. The highest BCUT2D eigenvalue weighted by Gasteiger charge is 2.26. The molecule has 0 aromatic heterocycles. The van der Waals surface area contributed by atoms with Gasteiger partial charge in [0.15, 0.2) is 5.75 Å². The molecule has 1 aliphatic heterocycles. The third kappa shape index (κ3) is 3.00. The second-order valence-corrected chi connectivity index (χ2v) is 7.02. The summed E-state index contributed by atoms with van der Waals surface area (Å²) in [6.45, 7) is 1.01. The van der Waals surface area contributed by atoms with E-state index < -0.39 is 10.3 Å². The molecule has 0 unspecified atom stereocenters. The minimum absolute atomic E-state index is 0.181. The molecule has 1 aliphatic rings. The van der Waals surface area contributed by atoms with E-state index in [-0.39, 0.29) is 5.75 Å². The van der Waals surface area contributed by atoms with E-state index >= 15 is 0 Å². The summed E-state index contributed by atoms with van der Waals surface area (Å²) >= 11 is 6.28. The Morgan fingerprint density at radius 2 is 1.71 bits per heavy atom. The molecule has 0 atom stereocenters. The van der Waals surface area contributed by atoms with Crippen molar-refractivity contribution in [2.24, 2.45) is 0 Å². The fourth-order valence-corrected chi connectivity index (χ4v) is 4.03. The van der Waals surface area contributed by atoms with Gasteiger partial charge in [-0.2, -0.15) is 12.7 Å². The van der Waals surface area contributed by atoms with E-state index in [0.717, 1.165) is 30.0 Å². The molecule has 0 N–H and O–H groups in total. The number of nitrogens with zero attached hydrogens (tertiary/aromatic N) is 1. The normalized spacial score (nSPS) is 17.0. The molecule has 112 valence electrons. The molecular weight excluding hydrogens is 310 g/mol. The van der Waals surface area contributed by atoms with E-state index in [0.29, 0.717) is 18.1 Å². The van der Waals surface area contributed by atoms with E-state index in [1.807, 2.05) is 30.3 Å². The molecule has 4 nitrogen and oxygen atoms in total. The Balaban J connectivity index is 1.92. The van der Waals surface area contributed by atoms with Crippen molar-refractivity contribution in [3.05, 3.63) is 41.4 Å². The Morgan fingerprint density at radius 3 is 2.48 bits per heavy atom. The summed E-state index contributed by atoms with van der Waals surface area (Å²) in [5.41, 5.74) is 0. The molecule has 1 heterocycles. The molecule has 2 aromatic rings. The van der Waals surface area contributed by atoms with Crippen LogP contribution in [-0.2, 0) is 10.3 Å². The van der Waals surface area contributed by atoms with E-state index in [1.165, 1.54) is 4.31 Å².